The second-order valence-corrected chi connectivity index (χ2v) is 4.65. The number of nitrogens with one attached hydrogen (secondary N) is 1. The summed E-state index contributed by atoms with van der Waals surface area (Å²) < 4.78 is 5.43. The maximum atomic E-state index is 11.9. The smallest absolute Gasteiger partial charge is 0.251 e. The number of anilines is 1. The summed E-state index contributed by atoms with van der Waals surface area (Å²) >= 11 is 0. The van der Waals surface area contributed by atoms with Gasteiger partial charge in [-0.15, -0.1) is 0 Å². The highest BCUT2D eigenvalue weighted by molar-refractivity contribution is 5.96. The van der Waals surface area contributed by atoms with Gasteiger partial charge in [0.05, 0.1) is 0 Å². The molecule has 0 atom stereocenters. The second kappa shape index (κ2) is 8.53. The molecule has 4 nitrogen and oxygen atoms in total. The summed E-state index contributed by atoms with van der Waals surface area (Å²) in [5.41, 5.74) is 7.88. The monoisotopic (exact) mass is 264 g/mol. The fourth-order valence-corrected chi connectivity index (χ4v) is 1.70. The van der Waals surface area contributed by atoms with E-state index < -0.39 is 0 Å². The zero-order valence-corrected chi connectivity index (χ0v) is 11.9. The Morgan fingerprint density at radius 2 is 2.05 bits per heavy atom. The lowest BCUT2D eigenvalue weighted by atomic mass is 10.1. The van der Waals surface area contributed by atoms with Crippen molar-refractivity contribution in [2.45, 2.75) is 33.1 Å². The zero-order valence-electron chi connectivity index (χ0n) is 11.9. The van der Waals surface area contributed by atoms with E-state index in [0.717, 1.165) is 31.4 Å². The van der Waals surface area contributed by atoms with E-state index in [1.165, 1.54) is 0 Å². The van der Waals surface area contributed by atoms with Gasteiger partial charge in [-0.2, -0.15) is 0 Å². The van der Waals surface area contributed by atoms with Gasteiger partial charge in [0, 0.05) is 31.0 Å². The summed E-state index contributed by atoms with van der Waals surface area (Å²) in [6.45, 7) is 6.16. The Morgan fingerprint density at radius 1 is 1.32 bits per heavy atom. The molecule has 0 spiro atoms. The molecule has 1 aromatic rings. The highest BCUT2D eigenvalue weighted by Crippen LogP contribution is 2.12. The van der Waals surface area contributed by atoms with Gasteiger partial charge in [-0.1, -0.05) is 19.4 Å². The SMILES string of the molecule is CCCCOCCCNC(=O)c1cc(N)ccc1C. The predicted octanol–water partition coefficient (Wildman–Crippen LogP) is 2.51. The fourth-order valence-electron chi connectivity index (χ4n) is 1.70. The standard InChI is InChI=1S/C15H24N2O2/c1-3-4-9-19-10-5-8-17-15(18)14-11-13(16)7-6-12(14)2/h6-7,11H,3-5,8-10,16H2,1-2H3,(H,17,18). The van der Waals surface area contributed by atoms with Crippen LogP contribution in [0.3, 0.4) is 0 Å². The Labute approximate surface area is 115 Å². The van der Waals surface area contributed by atoms with Gasteiger partial charge in [-0.05, 0) is 37.5 Å². The Kier molecular flexibility index (Phi) is 6.97. The summed E-state index contributed by atoms with van der Waals surface area (Å²) in [7, 11) is 0. The van der Waals surface area contributed by atoms with Crippen LogP contribution in [0.4, 0.5) is 5.69 Å². The lowest BCUT2D eigenvalue weighted by molar-refractivity contribution is 0.0940. The molecule has 0 fully saturated rings. The van der Waals surface area contributed by atoms with E-state index in [1.807, 2.05) is 13.0 Å². The molecule has 0 aliphatic carbocycles. The molecule has 0 heterocycles. The number of hydrogen-bond donors (Lipinski definition) is 2. The van der Waals surface area contributed by atoms with Crippen molar-refractivity contribution in [3.63, 3.8) is 0 Å². The first-order valence-corrected chi connectivity index (χ1v) is 6.87. The van der Waals surface area contributed by atoms with Crippen molar-refractivity contribution in [1.29, 1.82) is 0 Å². The number of amides is 1. The third-order valence-corrected chi connectivity index (χ3v) is 2.90. The molecule has 19 heavy (non-hydrogen) atoms. The van der Waals surface area contributed by atoms with Gasteiger partial charge in [0.25, 0.3) is 5.91 Å². The molecule has 4 heteroatoms. The number of aryl methyl sites for hydroxylation is 1. The van der Waals surface area contributed by atoms with Crippen LogP contribution >= 0.6 is 0 Å². The van der Waals surface area contributed by atoms with Gasteiger partial charge in [0.1, 0.15) is 0 Å². The number of nitrogen functional groups attached to an aromatic ring is 1. The first-order valence-electron chi connectivity index (χ1n) is 6.87. The molecule has 0 saturated heterocycles. The Balaban J connectivity index is 2.26. The largest absolute Gasteiger partial charge is 0.399 e. The van der Waals surface area contributed by atoms with Gasteiger partial charge in [0.2, 0.25) is 0 Å². The van der Waals surface area contributed by atoms with Crippen LogP contribution in [-0.4, -0.2) is 25.7 Å². The number of benzene rings is 1. The van der Waals surface area contributed by atoms with Crippen molar-refractivity contribution >= 4 is 11.6 Å². The number of unbranched alkanes of at least 4 members (excludes halogenated alkanes) is 1. The lowest BCUT2D eigenvalue weighted by Gasteiger charge is -2.08. The minimum Gasteiger partial charge on any atom is -0.399 e. The van der Waals surface area contributed by atoms with E-state index in [2.05, 4.69) is 12.2 Å². The average molecular weight is 264 g/mol. The first kappa shape index (κ1) is 15.5. The minimum absolute atomic E-state index is 0.0710. The molecular formula is C15H24N2O2. The predicted molar refractivity (Wildman–Crippen MR) is 78.3 cm³/mol. The third kappa shape index (κ3) is 5.75. The summed E-state index contributed by atoms with van der Waals surface area (Å²) in [6, 6.07) is 5.37. The van der Waals surface area contributed by atoms with Crippen LogP contribution in [0.25, 0.3) is 0 Å². The van der Waals surface area contributed by atoms with E-state index in [0.29, 0.717) is 24.4 Å². The van der Waals surface area contributed by atoms with Crippen LogP contribution < -0.4 is 11.1 Å². The van der Waals surface area contributed by atoms with E-state index >= 15 is 0 Å². The normalized spacial score (nSPS) is 10.4. The van der Waals surface area contributed by atoms with Crippen LogP contribution in [0.15, 0.2) is 18.2 Å². The molecule has 1 aromatic carbocycles. The van der Waals surface area contributed by atoms with Crippen molar-refractivity contribution in [2.24, 2.45) is 0 Å². The Bertz CT molecular complexity index is 405. The summed E-state index contributed by atoms with van der Waals surface area (Å²) in [4.78, 5) is 11.9. The number of carbonyl (C=O) groups excluding carboxylic acids is 1. The average Bonchev–Trinajstić information content (AvgIpc) is 2.40. The van der Waals surface area contributed by atoms with Crippen LogP contribution in [0, 0.1) is 6.92 Å². The van der Waals surface area contributed by atoms with Crippen LogP contribution in [0.1, 0.15) is 42.1 Å². The first-order chi connectivity index (χ1) is 9.15. The molecule has 106 valence electrons. The summed E-state index contributed by atoms with van der Waals surface area (Å²) in [5, 5.41) is 2.88. The lowest BCUT2D eigenvalue weighted by Crippen LogP contribution is -2.26. The highest BCUT2D eigenvalue weighted by Gasteiger charge is 2.08. The van der Waals surface area contributed by atoms with Crippen molar-refractivity contribution in [3.8, 4) is 0 Å². The van der Waals surface area contributed by atoms with Crippen molar-refractivity contribution in [3.05, 3.63) is 29.3 Å². The second-order valence-electron chi connectivity index (χ2n) is 4.65. The molecule has 3 N–H and O–H groups in total. The fraction of sp³-hybridized carbons (Fsp3) is 0.533. The van der Waals surface area contributed by atoms with Crippen molar-refractivity contribution in [1.82, 2.24) is 5.32 Å². The Morgan fingerprint density at radius 3 is 2.79 bits per heavy atom. The van der Waals surface area contributed by atoms with Gasteiger partial charge < -0.3 is 15.8 Å². The topological polar surface area (TPSA) is 64.3 Å². The summed E-state index contributed by atoms with van der Waals surface area (Å²) in [6.07, 6.45) is 3.07. The molecule has 0 radical (unpaired) electrons. The molecule has 1 amide bonds. The highest BCUT2D eigenvalue weighted by atomic mass is 16.5. The number of hydrogen-bond acceptors (Lipinski definition) is 3. The zero-order chi connectivity index (χ0) is 14.1. The maximum absolute atomic E-state index is 11.9. The number of carbonyl (C=O) groups is 1. The van der Waals surface area contributed by atoms with E-state index in [4.69, 9.17) is 10.5 Å². The van der Waals surface area contributed by atoms with E-state index in [-0.39, 0.29) is 5.91 Å². The number of rotatable bonds is 8. The molecule has 0 aliphatic rings. The van der Waals surface area contributed by atoms with Gasteiger partial charge >= 0.3 is 0 Å². The van der Waals surface area contributed by atoms with Gasteiger partial charge in [-0.3, -0.25) is 4.79 Å². The Hall–Kier alpha value is -1.55. The molecule has 0 unspecified atom stereocenters. The summed E-state index contributed by atoms with van der Waals surface area (Å²) in [5.74, 6) is -0.0710. The molecule has 0 saturated carbocycles. The van der Waals surface area contributed by atoms with E-state index in [9.17, 15) is 4.79 Å². The van der Waals surface area contributed by atoms with Crippen LogP contribution in [0.5, 0.6) is 0 Å². The van der Waals surface area contributed by atoms with Crippen LogP contribution in [0.2, 0.25) is 0 Å². The van der Waals surface area contributed by atoms with Crippen molar-refractivity contribution in [2.75, 3.05) is 25.5 Å². The maximum Gasteiger partial charge on any atom is 0.251 e. The third-order valence-electron chi connectivity index (χ3n) is 2.90. The van der Waals surface area contributed by atoms with Gasteiger partial charge in [0.15, 0.2) is 0 Å². The number of nitrogens with two attached hydrogens (primary N) is 1. The van der Waals surface area contributed by atoms with Crippen LogP contribution in [-0.2, 0) is 4.74 Å². The van der Waals surface area contributed by atoms with Crippen molar-refractivity contribution < 1.29 is 9.53 Å². The minimum atomic E-state index is -0.0710. The molecule has 0 bridgehead atoms. The molecule has 1 rings (SSSR count). The molecular weight excluding hydrogens is 240 g/mol. The van der Waals surface area contributed by atoms with Gasteiger partial charge in [-0.25, -0.2) is 0 Å². The quantitative estimate of drug-likeness (QED) is 0.560. The number of ether oxygens (including phenoxy) is 1. The molecule has 0 aliphatic heterocycles. The van der Waals surface area contributed by atoms with E-state index in [1.54, 1.807) is 12.1 Å². The molecule has 0 aromatic heterocycles.